The number of amides is 1. The monoisotopic (exact) mass is 259 g/mol. The number of rotatable bonds is 6. The SMILES string of the molecule is CCC(CC)N(CCCl)C(=O)C1CCCCC1. The molecule has 2 nitrogen and oxygen atoms in total. The minimum atomic E-state index is 0.271. The molecule has 1 saturated carbocycles. The average Bonchev–Trinajstić information content (AvgIpc) is 2.39. The quantitative estimate of drug-likeness (QED) is 0.664. The van der Waals surface area contributed by atoms with Crippen molar-refractivity contribution in [1.82, 2.24) is 4.90 Å². The lowest BCUT2D eigenvalue weighted by Crippen LogP contribution is -2.44. The number of nitrogens with zero attached hydrogens (tertiary/aromatic N) is 1. The van der Waals surface area contributed by atoms with Crippen LogP contribution < -0.4 is 0 Å². The van der Waals surface area contributed by atoms with Gasteiger partial charge in [-0.3, -0.25) is 4.79 Å². The Morgan fingerprint density at radius 3 is 2.29 bits per heavy atom. The molecule has 0 unspecified atom stereocenters. The number of carbonyl (C=O) groups excluding carboxylic acids is 1. The highest BCUT2D eigenvalue weighted by atomic mass is 35.5. The molecule has 0 heterocycles. The van der Waals surface area contributed by atoms with Crippen molar-refractivity contribution in [1.29, 1.82) is 0 Å². The highest BCUT2D eigenvalue weighted by Gasteiger charge is 2.28. The zero-order chi connectivity index (χ0) is 12.7. The molecule has 3 heteroatoms. The van der Waals surface area contributed by atoms with E-state index in [4.69, 9.17) is 11.6 Å². The largest absolute Gasteiger partial charge is 0.338 e. The highest BCUT2D eigenvalue weighted by Crippen LogP contribution is 2.26. The summed E-state index contributed by atoms with van der Waals surface area (Å²) in [5.41, 5.74) is 0. The molecule has 0 aromatic heterocycles. The summed E-state index contributed by atoms with van der Waals surface area (Å²) in [6.45, 7) is 5.02. The van der Waals surface area contributed by atoms with E-state index in [1.54, 1.807) is 0 Å². The van der Waals surface area contributed by atoms with Crippen LogP contribution in [0.5, 0.6) is 0 Å². The highest BCUT2D eigenvalue weighted by molar-refractivity contribution is 6.18. The summed E-state index contributed by atoms with van der Waals surface area (Å²) >= 11 is 5.84. The standard InChI is InChI=1S/C14H26ClNO/c1-3-13(4-2)16(11-10-15)14(17)12-8-6-5-7-9-12/h12-13H,3-11H2,1-2H3. The second-order valence-electron chi connectivity index (χ2n) is 5.03. The van der Waals surface area contributed by atoms with Gasteiger partial charge in [-0.15, -0.1) is 11.6 Å². The zero-order valence-electron chi connectivity index (χ0n) is 11.3. The van der Waals surface area contributed by atoms with Gasteiger partial charge in [0, 0.05) is 24.4 Å². The van der Waals surface area contributed by atoms with Crippen molar-refractivity contribution in [3.63, 3.8) is 0 Å². The second-order valence-corrected chi connectivity index (χ2v) is 5.40. The molecular formula is C14H26ClNO. The molecule has 1 aliphatic rings. The van der Waals surface area contributed by atoms with E-state index in [2.05, 4.69) is 13.8 Å². The fourth-order valence-electron chi connectivity index (χ4n) is 2.88. The molecule has 0 radical (unpaired) electrons. The lowest BCUT2D eigenvalue weighted by Gasteiger charge is -2.34. The summed E-state index contributed by atoms with van der Waals surface area (Å²) < 4.78 is 0. The van der Waals surface area contributed by atoms with E-state index < -0.39 is 0 Å². The van der Waals surface area contributed by atoms with Crippen molar-refractivity contribution in [2.45, 2.75) is 64.8 Å². The van der Waals surface area contributed by atoms with E-state index >= 15 is 0 Å². The van der Waals surface area contributed by atoms with Gasteiger partial charge in [-0.25, -0.2) is 0 Å². The molecule has 100 valence electrons. The van der Waals surface area contributed by atoms with E-state index in [0.717, 1.165) is 25.7 Å². The summed E-state index contributed by atoms with van der Waals surface area (Å²) in [5.74, 6) is 1.18. The van der Waals surface area contributed by atoms with E-state index in [0.29, 0.717) is 24.4 Å². The number of carbonyl (C=O) groups is 1. The van der Waals surface area contributed by atoms with Crippen LogP contribution >= 0.6 is 11.6 Å². The second kappa shape index (κ2) is 7.97. The van der Waals surface area contributed by atoms with Gasteiger partial charge < -0.3 is 4.90 Å². The molecule has 0 aromatic rings. The summed E-state index contributed by atoms with van der Waals surface area (Å²) in [7, 11) is 0. The van der Waals surface area contributed by atoms with Crippen LogP contribution in [0.25, 0.3) is 0 Å². The third-order valence-electron chi connectivity index (χ3n) is 3.95. The Morgan fingerprint density at radius 2 is 1.82 bits per heavy atom. The predicted octanol–water partition coefficient (Wildman–Crippen LogP) is 3.82. The zero-order valence-corrected chi connectivity index (χ0v) is 12.0. The Hall–Kier alpha value is -0.240. The third kappa shape index (κ3) is 4.17. The number of hydrogen-bond acceptors (Lipinski definition) is 1. The molecule has 0 spiro atoms. The number of alkyl halides is 1. The van der Waals surface area contributed by atoms with Crippen LogP contribution in [0.15, 0.2) is 0 Å². The summed E-state index contributed by atoms with van der Waals surface area (Å²) in [5, 5.41) is 0. The van der Waals surface area contributed by atoms with Gasteiger partial charge >= 0.3 is 0 Å². The Balaban J connectivity index is 2.63. The maximum Gasteiger partial charge on any atom is 0.225 e. The fourth-order valence-corrected chi connectivity index (χ4v) is 3.06. The number of hydrogen-bond donors (Lipinski definition) is 0. The van der Waals surface area contributed by atoms with Gasteiger partial charge in [-0.2, -0.15) is 0 Å². The van der Waals surface area contributed by atoms with Crippen LogP contribution in [-0.4, -0.2) is 29.3 Å². The van der Waals surface area contributed by atoms with Crippen LogP contribution in [0.2, 0.25) is 0 Å². The van der Waals surface area contributed by atoms with E-state index in [9.17, 15) is 4.79 Å². The molecule has 1 aliphatic carbocycles. The van der Waals surface area contributed by atoms with Crippen molar-refractivity contribution in [2.75, 3.05) is 12.4 Å². The Morgan fingerprint density at radius 1 is 1.24 bits per heavy atom. The van der Waals surface area contributed by atoms with E-state index in [1.165, 1.54) is 19.3 Å². The minimum absolute atomic E-state index is 0.271. The minimum Gasteiger partial charge on any atom is -0.338 e. The van der Waals surface area contributed by atoms with Gasteiger partial charge in [0.2, 0.25) is 5.91 Å². The Bertz CT molecular complexity index is 222. The Kier molecular flexibility index (Phi) is 6.94. The van der Waals surface area contributed by atoms with Gasteiger partial charge in [-0.1, -0.05) is 33.1 Å². The lowest BCUT2D eigenvalue weighted by atomic mass is 9.87. The van der Waals surface area contributed by atoms with Crippen molar-refractivity contribution >= 4 is 17.5 Å². The topological polar surface area (TPSA) is 20.3 Å². The molecule has 0 aliphatic heterocycles. The maximum atomic E-state index is 12.5. The molecule has 0 bridgehead atoms. The van der Waals surface area contributed by atoms with Crippen molar-refractivity contribution < 1.29 is 4.79 Å². The van der Waals surface area contributed by atoms with Crippen molar-refractivity contribution in [3.05, 3.63) is 0 Å². The van der Waals surface area contributed by atoms with Gasteiger partial charge in [0.25, 0.3) is 0 Å². The average molecular weight is 260 g/mol. The molecule has 0 N–H and O–H groups in total. The Labute approximate surface area is 111 Å². The molecule has 0 saturated heterocycles. The molecule has 0 aromatic carbocycles. The summed E-state index contributed by atoms with van der Waals surface area (Å²) in [6.07, 6.45) is 7.96. The summed E-state index contributed by atoms with van der Waals surface area (Å²) in [6, 6.07) is 0.378. The van der Waals surface area contributed by atoms with E-state index in [1.807, 2.05) is 4.90 Å². The lowest BCUT2D eigenvalue weighted by molar-refractivity contribution is -0.138. The van der Waals surface area contributed by atoms with E-state index in [-0.39, 0.29) is 5.92 Å². The van der Waals surface area contributed by atoms with Gasteiger partial charge in [0.1, 0.15) is 0 Å². The first-order valence-electron chi connectivity index (χ1n) is 7.11. The first-order valence-corrected chi connectivity index (χ1v) is 7.64. The smallest absolute Gasteiger partial charge is 0.225 e. The van der Waals surface area contributed by atoms with Crippen LogP contribution in [-0.2, 0) is 4.79 Å². The van der Waals surface area contributed by atoms with Gasteiger partial charge in [0.05, 0.1) is 0 Å². The van der Waals surface area contributed by atoms with Crippen LogP contribution in [0.1, 0.15) is 58.8 Å². The number of halogens is 1. The molecule has 17 heavy (non-hydrogen) atoms. The maximum absolute atomic E-state index is 12.5. The fraction of sp³-hybridized carbons (Fsp3) is 0.929. The first-order chi connectivity index (χ1) is 8.24. The van der Waals surface area contributed by atoms with Gasteiger partial charge in [0.15, 0.2) is 0 Å². The van der Waals surface area contributed by atoms with Crippen LogP contribution in [0.4, 0.5) is 0 Å². The molecular weight excluding hydrogens is 234 g/mol. The van der Waals surface area contributed by atoms with Crippen molar-refractivity contribution in [2.24, 2.45) is 5.92 Å². The van der Waals surface area contributed by atoms with Gasteiger partial charge in [-0.05, 0) is 25.7 Å². The molecule has 1 fully saturated rings. The van der Waals surface area contributed by atoms with Crippen LogP contribution in [0.3, 0.4) is 0 Å². The molecule has 0 atom stereocenters. The van der Waals surface area contributed by atoms with Crippen molar-refractivity contribution in [3.8, 4) is 0 Å². The first kappa shape index (κ1) is 14.8. The predicted molar refractivity (Wildman–Crippen MR) is 73.4 cm³/mol. The normalized spacial score (nSPS) is 17.4. The summed E-state index contributed by atoms with van der Waals surface area (Å²) in [4.78, 5) is 14.6. The molecule has 1 rings (SSSR count). The van der Waals surface area contributed by atoms with Crippen LogP contribution in [0, 0.1) is 5.92 Å². The third-order valence-corrected chi connectivity index (χ3v) is 4.12. The molecule has 1 amide bonds.